The van der Waals surface area contributed by atoms with Crippen LogP contribution in [-0.2, 0) is 11.2 Å². The second-order valence-electron chi connectivity index (χ2n) is 5.93. The summed E-state index contributed by atoms with van der Waals surface area (Å²) in [4.78, 5) is 13.3. The summed E-state index contributed by atoms with van der Waals surface area (Å²) in [5.41, 5.74) is 0.776. The molecule has 0 bridgehead atoms. The summed E-state index contributed by atoms with van der Waals surface area (Å²) in [6.45, 7) is -0.621. The summed E-state index contributed by atoms with van der Waals surface area (Å²) >= 11 is 1.64. The Morgan fingerprint density at radius 1 is 1.15 bits per heavy atom. The standard InChI is InChI=1S/C20H23F2NO3S/c1-14(13-27-16-6-4-3-5-7-16)19(24)23-11-10-15-8-9-17(25-2)18(12-15)26-20(21)22/h3-9,12,14,20H,10-11,13H2,1-2H3,(H,23,24). The molecule has 1 unspecified atom stereocenters. The summed E-state index contributed by atoms with van der Waals surface area (Å²) in [6.07, 6.45) is 0.508. The van der Waals surface area contributed by atoms with E-state index in [0.717, 1.165) is 10.5 Å². The van der Waals surface area contributed by atoms with Gasteiger partial charge in [-0.25, -0.2) is 0 Å². The maximum Gasteiger partial charge on any atom is 0.387 e. The minimum absolute atomic E-state index is 0.0102. The van der Waals surface area contributed by atoms with Gasteiger partial charge in [-0.2, -0.15) is 8.78 Å². The molecule has 0 aliphatic rings. The highest BCUT2D eigenvalue weighted by Crippen LogP contribution is 2.29. The molecule has 0 saturated heterocycles. The second-order valence-corrected chi connectivity index (χ2v) is 7.02. The van der Waals surface area contributed by atoms with Crippen LogP contribution < -0.4 is 14.8 Å². The van der Waals surface area contributed by atoms with Crippen LogP contribution >= 0.6 is 11.8 Å². The van der Waals surface area contributed by atoms with Crippen LogP contribution in [0.1, 0.15) is 12.5 Å². The first kappa shape index (κ1) is 21.0. The molecule has 0 saturated carbocycles. The molecule has 0 aliphatic heterocycles. The van der Waals surface area contributed by atoms with Gasteiger partial charge in [-0.1, -0.05) is 31.2 Å². The van der Waals surface area contributed by atoms with E-state index >= 15 is 0 Å². The molecule has 0 spiro atoms. The van der Waals surface area contributed by atoms with E-state index in [-0.39, 0.29) is 23.3 Å². The molecule has 2 rings (SSSR count). The number of hydrogen-bond donors (Lipinski definition) is 1. The lowest BCUT2D eigenvalue weighted by Crippen LogP contribution is -2.32. The van der Waals surface area contributed by atoms with Crippen LogP contribution in [0.3, 0.4) is 0 Å². The number of amides is 1. The molecule has 1 amide bonds. The van der Waals surface area contributed by atoms with E-state index in [4.69, 9.17) is 4.74 Å². The summed E-state index contributed by atoms with van der Waals surface area (Å²) in [7, 11) is 1.39. The first-order chi connectivity index (χ1) is 13.0. The third-order valence-corrected chi connectivity index (χ3v) is 5.12. The molecule has 0 radical (unpaired) electrons. The smallest absolute Gasteiger partial charge is 0.387 e. The summed E-state index contributed by atoms with van der Waals surface area (Å²) in [6, 6.07) is 14.8. The third-order valence-electron chi connectivity index (χ3n) is 3.85. The average Bonchev–Trinajstić information content (AvgIpc) is 2.66. The van der Waals surface area contributed by atoms with Crippen LogP contribution in [0, 0.1) is 5.92 Å². The number of halogens is 2. The van der Waals surface area contributed by atoms with Crippen molar-refractivity contribution in [2.24, 2.45) is 5.92 Å². The Balaban J connectivity index is 1.80. The quantitative estimate of drug-likeness (QED) is 0.607. The maximum absolute atomic E-state index is 12.5. The maximum atomic E-state index is 12.5. The number of benzene rings is 2. The van der Waals surface area contributed by atoms with Gasteiger partial charge in [0.2, 0.25) is 5.91 Å². The Hall–Kier alpha value is -2.28. The minimum atomic E-state index is -2.92. The highest BCUT2D eigenvalue weighted by Gasteiger charge is 2.14. The van der Waals surface area contributed by atoms with Gasteiger partial charge in [-0.15, -0.1) is 11.8 Å². The van der Waals surface area contributed by atoms with Gasteiger partial charge in [0.05, 0.1) is 7.11 Å². The molecule has 7 heteroatoms. The lowest BCUT2D eigenvalue weighted by atomic mass is 10.1. The molecule has 2 aromatic carbocycles. The monoisotopic (exact) mass is 395 g/mol. The molecule has 2 aromatic rings. The van der Waals surface area contributed by atoms with E-state index in [9.17, 15) is 13.6 Å². The topological polar surface area (TPSA) is 47.6 Å². The normalized spacial score (nSPS) is 11.9. The number of carbonyl (C=O) groups is 1. The fraction of sp³-hybridized carbons (Fsp3) is 0.350. The minimum Gasteiger partial charge on any atom is -0.493 e. The van der Waals surface area contributed by atoms with Gasteiger partial charge >= 0.3 is 6.61 Å². The van der Waals surface area contributed by atoms with E-state index in [0.29, 0.717) is 18.7 Å². The van der Waals surface area contributed by atoms with Gasteiger partial charge in [0.15, 0.2) is 11.5 Å². The van der Waals surface area contributed by atoms with E-state index < -0.39 is 6.61 Å². The Morgan fingerprint density at radius 2 is 1.89 bits per heavy atom. The highest BCUT2D eigenvalue weighted by atomic mass is 32.2. The van der Waals surface area contributed by atoms with Crippen LogP contribution in [0.2, 0.25) is 0 Å². The fourth-order valence-corrected chi connectivity index (χ4v) is 3.33. The van der Waals surface area contributed by atoms with Gasteiger partial charge in [0.25, 0.3) is 0 Å². The van der Waals surface area contributed by atoms with Crippen molar-refractivity contribution in [3.63, 3.8) is 0 Å². The number of alkyl halides is 2. The van der Waals surface area contributed by atoms with Crippen molar-refractivity contribution in [3.8, 4) is 11.5 Å². The van der Waals surface area contributed by atoms with Crippen LogP contribution in [0.5, 0.6) is 11.5 Å². The van der Waals surface area contributed by atoms with Crippen LogP contribution in [0.25, 0.3) is 0 Å². The van der Waals surface area contributed by atoms with Crippen LogP contribution in [0.15, 0.2) is 53.4 Å². The molecule has 0 aliphatic carbocycles. The summed E-state index contributed by atoms with van der Waals surface area (Å²) in [5.74, 6) is 0.753. The first-order valence-electron chi connectivity index (χ1n) is 8.57. The molecule has 1 N–H and O–H groups in total. The first-order valence-corrected chi connectivity index (χ1v) is 9.55. The molecular weight excluding hydrogens is 372 g/mol. The van der Waals surface area contributed by atoms with E-state index in [1.165, 1.54) is 13.2 Å². The zero-order valence-electron chi connectivity index (χ0n) is 15.3. The van der Waals surface area contributed by atoms with E-state index in [1.54, 1.807) is 23.9 Å². The van der Waals surface area contributed by atoms with E-state index in [2.05, 4.69) is 10.1 Å². The highest BCUT2D eigenvalue weighted by molar-refractivity contribution is 7.99. The number of ether oxygens (including phenoxy) is 2. The van der Waals surface area contributed by atoms with Gasteiger partial charge < -0.3 is 14.8 Å². The number of rotatable bonds is 10. The SMILES string of the molecule is COc1ccc(CCNC(=O)C(C)CSc2ccccc2)cc1OC(F)F. The summed E-state index contributed by atoms with van der Waals surface area (Å²) < 4.78 is 34.4. The van der Waals surface area contributed by atoms with Crippen molar-refractivity contribution in [2.75, 3.05) is 19.4 Å². The zero-order valence-corrected chi connectivity index (χ0v) is 16.1. The van der Waals surface area contributed by atoms with Crippen molar-refractivity contribution in [1.29, 1.82) is 0 Å². The van der Waals surface area contributed by atoms with Crippen LogP contribution in [0.4, 0.5) is 8.78 Å². The average molecular weight is 395 g/mol. The Labute approximate surface area is 162 Å². The van der Waals surface area contributed by atoms with Gasteiger partial charge in [-0.05, 0) is 36.2 Å². The number of nitrogens with one attached hydrogen (secondary N) is 1. The predicted octanol–water partition coefficient (Wildman–Crippen LogP) is 4.38. The predicted molar refractivity (Wildman–Crippen MR) is 103 cm³/mol. The Bertz CT molecular complexity index is 728. The molecular formula is C20H23F2NO3S. The number of carbonyl (C=O) groups excluding carboxylic acids is 1. The Morgan fingerprint density at radius 3 is 2.56 bits per heavy atom. The van der Waals surface area contributed by atoms with E-state index in [1.807, 2.05) is 37.3 Å². The van der Waals surface area contributed by atoms with Crippen molar-refractivity contribution in [3.05, 3.63) is 54.1 Å². The third kappa shape index (κ3) is 7.09. The molecule has 0 heterocycles. The van der Waals surface area contributed by atoms with Gasteiger partial charge in [0, 0.05) is 23.1 Å². The lowest BCUT2D eigenvalue weighted by molar-refractivity contribution is -0.123. The number of hydrogen-bond acceptors (Lipinski definition) is 4. The van der Waals surface area contributed by atoms with Crippen molar-refractivity contribution < 1.29 is 23.0 Å². The molecule has 1 atom stereocenters. The molecule has 27 heavy (non-hydrogen) atoms. The van der Waals surface area contributed by atoms with Crippen molar-refractivity contribution in [2.45, 2.75) is 24.9 Å². The van der Waals surface area contributed by atoms with Gasteiger partial charge in [-0.3, -0.25) is 4.79 Å². The van der Waals surface area contributed by atoms with Gasteiger partial charge in [0.1, 0.15) is 0 Å². The van der Waals surface area contributed by atoms with Crippen LogP contribution in [-0.4, -0.2) is 31.9 Å². The van der Waals surface area contributed by atoms with Crippen molar-refractivity contribution in [1.82, 2.24) is 5.32 Å². The lowest BCUT2D eigenvalue weighted by Gasteiger charge is -2.13. The second kappa shape index (κ2) is 10.8. The molecule has 4 nitrogen and oxygen atoms in total. The number of thioether (sulfide) groups is 1. The Kier molecular flexibility index (Phi) is 8.39. The molecule has 0 fully saturated rings. The zero-order chi connectivity index (χ0) is 19.6. The molecule has 0 aromatic heterocycles. The fourth-order valence-electron chi connectivity index (χ4n) is 2.38. The largest absolute Gasteiger partial charge is 0.493 e. The van der Waals surface area contributed by atoms with Crippen molar-refractivity contribution >= 4 is 17.7 Å². The number of methoxy groups -OCH3 is 1. The molecule has 146 valence electrons. The summed E-state index contributed by atoms with van der Waals surface area (Å²) in [5, 5.41) is 2.88.